The number of hydrogen-bond donors (Lipinski definition) is 0. The second-order valence-corrected chi connectivity index (χ2v) is 5.74. The lowest BCUT2D eigenvalue weighted by Crippen LogP contribution is -2.24. The molecule has 120 valence electrons. The molecule has 0 amide bonds. The van der Waals surface area contributed by atoms with Crippen molar-refractivity contribution in [3.05, 3.63) is 69.5 Å². The first-order valence-electron chi connectivity index (χ1n) is 7.07. The van der Waals surface area contributed by atoms with Gasteiger partial charge in [0.2, 0.25) is 5.78 Å². The molecule has 0 heterocycles. The van der Waals surface area contributed by atoms with Crippen molar-refractivity contribution >= 4 is 23.4 Å². The van der Waals surface area contributed by atoms with Crippen molar-refractivity contribution in [3.63, 3.8) is 0 Å². The Bertz CT molecular complexity index is 771. The summed E-state index contributed by atoms with van der Waals surface area (Å²) < 4.78 is 18.2. The molecule has 3 nitrogen and oxygen atoms in total. The van der Waals surface area contributed by atoms with Crippen molar-refractivity contribution in [2.24, 2.45) is 0 Å². The summed E-state index contributed by atoms with van der Waals surface area (Å²) in [5, 5.41) is -0.0548. The third-order valence-corrected chi connectivity index (χ3v) is 3.91. The topological polar surface area (TPSA) is 43.4 Å². The molecule has 0 radical (unpaired) electrons. The molecule has 0 N–H and O–H groups in total. The van der Waals surface area contributed by atoms with E-state index in [0.717, 1.165) is 23.3 Å². The van der Waals surface area contributed by atoms with Crippen LogP contribution in [0.2, 0.25) is 5.02 Å². The molecule has 2 aromatic rings. The number of carbonyl (C=O) groups excluding carboxylic acids is 2. The van der Waals surface area contributed by atoms with E-state index in [9.17, 15) is 14.0 Å². The van der Waals surface area contributed by atoms with Gasteiger partial charge in [0.15, 0.2) is 6.10 Å². The van der Waals surface area contributed by atoms with Crippen molar-refractivity contribution in [1.82, 2.24) is 0 Å². The number of benzene rings is 2. The largest absolute Gasteiger partial charge is 0.451 e. The molecule has 0 fully saturated rings. The highest BCUT2D eigenvalue weighted by atomic mass is 35.5. The predicted octanol–water partition coefficient (Wildman–Crippen LogP) is 4.52. The Labute approximate surface area is 139 Å². The average molecular weight is 335 g/mol. The molecule has 0 aliphatic rings. The van der Waals surface area contributed by atoms with Crippen molar-refractivity contribution in [1.29, 1.82) is 0 Å². The van der Waals surface area contributed by atoms with Crippen LogP contribution >= 0.6 is 11.6 Å². The standard InChI is InChI=1S/C18H16ClFO3/c1-10-4-5-13(8-11(10)2)17(21)12(3)23-18(22)15-7-6-14(20)9-16(15)19/h4-9,12H,1-3H3/t12-/m1/s1. The molecule has 2 aromatic carbocycles. The number of hydrogen-bond acceptors (Lipinski definition) is 3. The van der Waals surface area contributed by atoms with E-state index in [1.807, 2.05) is 19.9 Å². The van der Waals surface area contributed by atoms with Gasteiger partial charge in [-0.05, 0) is 56.2 Å². The molecular weight excluding hydrogens is 319 g/mol. The predicted molar refractivity (Wildman–Crippen MR) is 86.5 cm³/mol. The van der Waals surface area contributed by atoms with E-state index in [0.29, 0.717) is 5.56 Å². The molecule has 0 spiro atoms. The van der Waals surface area contributed by atoms with Gasteiger partial charge in [-0.2, -0.15) is 0 Å². The number of halogens is 2. The smallest absolute Gasteiger partial charge is 0.340 e. The maximum Gasteiger partial charge on any atom is 0.340 e. The first-order chi connectivity index (χ1) is 10.8. The molecular formula is C18H16ClFO3. The van der Waals surface area contributed by atoms with Gasteiger partial charge in [-0.25, -0.2) is 9.18 Å². The number of carbonyl (C=O) groups is 2. The van der Waals surface area contributed by atoms with Gasteiger partial charge in [-0.1, -0.05) is 23.7 Å². The Morgan fingerprint density at radius 1 is 1.09 bits per heavy atom. The Morgan fingerprint density at radius 2 is 1.78 bits per heavy atom. The maximum atomic E-state index is 13.0. The van der Waals surface area contributed by atoms with Gasteiger partial charge in [0.1, 0.15) is 5.82 Å². The van der Waals surface area contributed by atoms with Crippen LogP contribution in [0, 0.1) is 19.7 Å². The first kappa shape index (κ1) is 17.2. The third-order valence-electron chi connectivity index (χ3n) is 3.60. The summed E-state index contributed by atoms with van der Waals surface area (Å²) in [7, 11) is 0. The third kappa shape index (κ3) is 3.96. The highest BCUT2D eigenvalue weighted by molar-refractivity contribution is 6.33. The minimum atomic E-state index is -0.967. The van der Waals surface area contributed by atoms with Crippen molar-refractivity contribution < 1.29 is 18.7 Å². The van der Waals surface area contributed by atoms with Crippen LogP contribution in [-0.4, -0.2) is 17.9 Å². The summed E-state index contributed by atoms with van der Waals surface area (Å²) >= 11 is 5.82. The second-order valence-electron chi connectivity index (χ2n) is 5.33. The lowest BCUT2D eigenvalue weighted by atomic mass is 10.0. The number of esters is 1. The van der Waals surface area contributed by atoms with Crippen molar-refractivity contribution in [3.8, 4) is 0 Å². The fraction of sp³-hybridized carbons (Fsp3) is 0.222. The maximum absolute atomic E-state index is 13.0. The molecule has 0 saturated heterocycles. The van der Waals surface area contributed by atoms with Crippen LogP contribution in [0.3, 0.4) is 0 Å². The number of ketones is 1. The average Bonchev–Trinajstić information content (AvgIpc) is 2.49. The normalized spacial score (nSPS) is 11.9. The van der Waals surface area contributed by atoms with Crippen LogP contribution in [0.4, 0.5) is 4.39 Å². The zero-order valence-corrected chi connectivity index (χ0v) is 13.8. The van der Waals surface area contributed by atoms with E-state index < -0.39 is 17.9 Å². The fourth-order valence-electron chi connectivity index (χ4n) is 2.06. The van der Waals surface area contributed by atoms with E-state index in [4.69, 9.17) is 16.3 Å². The zero-order chi connectivity index (χ0) is 17.1. The SMILES string of the molecule is Cc1ccc(C(=O)[C@@H](C)OC(=O)c2ccc(F)cc2Cl)cc1C. The molecule has 0 aliphatic heterocycles. The molecule has 0 saturated carbocycles. The van der Waals surface area contributed by atoms with Crippen LogP contribution in [-0.2, 0) is 4.74 Å². The van der Waals surface area contributed by atoms with E-state index >= 15 is 0 Å². The van der Waals surface area contributed by atoms with Gasteiger partial charge >= 0.3 is 5.97 Å². The lowest BCUT2D eigenvalue weighted by molar-refractivity contribution is 0.0319. The van der Waals surface area contributed by atoms with E-state index in [2.05, 4.69) is 0 Å². The van der Waals surface area contributed by atoms with Crippen molar-refractivity contribution in [2.75, 3.05) is 0 Å². The lowest BCUT2D eigenvalue weighted by Gasteiger charge is -2.14. The number of aryl methyl sites for hydroxylation is 2. The highest BCUT2D eigenvalue weighted by Crippen LogP contribution is 2.20. The fourth-order valence-corrected chi connectivity index (χ4v) is 2.31. The van der Waals surface area contributed by atoms with Gasteiger partial charge in [-0.3, -0.25) is 4.79 Å². The molecule has 0 unspecified atom stereocenters. The number of ether oxygens (including phenoxy) is 1. The first-order valence-corrected chi connectivity index (χ1v) is 7.45. The van der Waals surface area contributed by atoms with Gasteiger partial charge in [0, 0.05) is 5.56 Å². The van der Waals surface area contributed by atoms with Gasteiger partial charge < -0.3 is 4.74 Å². The Hall–Kier alpha value is -2.20. The molecule has 0 aromatic heterocycles. The van der Waals surface area contributed by atoms with E-state index in [1.165, 1.54) is 13.0 Å². The van der Waals surface area contributed by atoms with Gasteiger partial charge in [-0.15, -0.1) is 0 Å². The molecule has 5 heteroatoms. The van der Waals surface area contributed by atoms with Crippen LogP contribution in [0.1, 0.15) is 38.8 Å². The summed E-state index contributed by atoms with van der Waals surface area (Å²) in [6.07, 6.45) is -0.967. The van der Waals surface area contributed by atoms with Crippen LogP contribution in [0.15, 0.2) is 36.4 Å². The zero-order valence-electron chi connectivity index (χ0n) is 13.0. The minimum Gasteiger partial charge on any atom is -0.451 e. The Balaban J connectivity index is 2.14. The van der Waals surface area contributed by atoms with E-state index in [-0.39, 0.29) is 16.4 Å². The highest BCUT2D eigenvalue weighted by Gasteiger charge is 2.22. The summed E-state index contributed by atoms with van der Waals surface area (Å²) in [5.41, 5.74) is 2.55. The van der Waals surface area contributed by atoms with Gasteiger partial charge in [0.05, 0.1) is 10.6 Å². The molecule has 23 heavy (non-hydrogen) atoms. The summed E-state index contributed by atoms with van der Waals surface area (Å²) in [6.45, 7) is 5.34. The Kier molecular flexibility index (Phi) is 5.16. The molecule has 2 rings (SSSR count). The molecule has 0 aliphatic carbocycles. The van der Waals surface area contributed by atoms with Crippen LogP contribution in [0.5, 0.6) is 0 Å². The molecule has 1 atom stereocenters. The Morgan fingerprint density at radius 3 is 2.39 bits per heavy atom. The van der Waals surface area contributed by atoms with Crippen molar-refractivity contribution in [2.45, 2.75) is 26.9 Å². The van der Waals surface area contributed by atoms with E-state index in [1.54, 1.807) is 12.1 Å². The van der Waals surface area contributed by atoms with Crippen LogP contribution in [0.25, 0.3) is 0 Å². The number of rotatable bonds is 4. The molecule has 0 bridgehead atoms. The second kappa shape index (κ2) is 6.92. The van der Waals surface area contributed by atoms with Gasteiger partial charge in [0.25, 0.3) is 0 Å². The summed E-state index contributed by atoms with van der Waals surface area (Å²) in [5.74, 6) is -1.62. The minimum absolute atomic E-state index is 0.0211. The summed E-state index contributed by atoms with van der Waals surface area (Å²) in [4.78, 5) is 24.4. The quantitative estimate of drug-likeness (QED) is 0.609. The number of Topliss-reactive ketones (excluding diaryl/α,β-unsaturated/α-hetero) is 1. The van der Waals surface area contributed by atoms with Crippen LogP contribution < -0.4 is 0 Å². The monoisotopic (exact) mass is 334 g/mol. The summed E-state index contributed by atoms with van der Waals surface area (Å²) in [6, 6.07) is 8.65.